The summed E-state index contributed by atoms with van der Waals surface area (Å²) in [4.78, 5) is 35.9. The Morgan fingerprint density at radius 2 is 1.43 bits per heavy atom. The number of benzene rings is 2. The molecule has 0 radical (unpaired) electrons. The molecule has 0 aliphatic heterocycles. The van der Waals surface area contributed by atoms with Gasteiger partial charge in [-0.15, -0.1) is 0 Å². The van der Waals surface area contributed by atoms with Crippen LogP contribution < -0.4 is 25.6 Å². The van der Waals surface area contributed by atoms with E-state index in [9.17, 15) is 14.4 Å². The van der Waals surface area contributed by atoms with Gasteiger partial charge in [-0.2, -0.15) is 0 Å². The lowest BCUT2D eigenvalue weighted by molar-refractivity contribution is -0.124. The average Bonchev–Trinajstić information content (AvgIpc) is 2.72. The highest BCUT2D eigenvalue weighted by molar-refractivity contribution is 5.96. The number of amides is 3. The van der Waals surface area contributed by atoms with Gasteiger partial charge >= 0.3 is 0 Å². The molecule has 3 amide bonds. The molecule has 3 N–H and O–H groups in total. The van der Waals surface area contributed by atoms with E-state index in [1.54, 1.807) is 48.5 Å². The molecule has 0 aromatic heterocycles. The third-order valence-electron chi connectivity index (χ3n) is 3.83. The van der Waals surface area contributed by atoms with Crippen LogP contribution in [0.25, 0.3) is 0 Å². The standard InChI is InChI=1S/C22H27N3O5/c1-4-29-18-11-7-17(8-12-18)23-20(26)13-14-21(27)24-25-22(28)16-5-9-19(10-6-16)30-15(2)3/h5-12,15H,4,13-14H2,1-3H3,(H,23,26)(H,24,27)(H,25,28). The first-order valence-electron chi connectivity index (χ1n) is 9.76. The molecule has 8 nitrogen and oxygen atoms in total. The highest BCUT2D eigenvalue weighted by atomic mass is 16.5. The van der Waals surface area contributed by atoms with Crippen LogP contribution in [0.15, 0.2) is 48.5 Å². The quantitative estimate of drug-likeness (QED) is 0.548. The largest absolute Gasteiger partial charge is 0.494 e. The van der Waals surface area contributed by atoms with E-state index in [4.69, 9.17) is 9.47 Å². The average molecular weight is 413 g/mol. The number of carbonyl (C=O) groups is 3. The Morgan fingerprint density at radius 3 is 2.03 bits per heavy atom. The number of hydrogen-bond donors (Lipinski definition) is 3. The maximum absolute atomic E-state index is 12.1. The minimum Gasteiger partial charge on any atom is -0.494 e. The summed E-state index contributed by atoms with van der Waals surface area (Å²) in [6.45, 7) is 6.28. The summed E-state index contributed by atoms with van der Waals surface area (Å²) in [6.07, 6.45) is -0.0453. The van der Waals surface area contributed by atoms with Gasteiger partial charge in [0.2, 0.25) is 11.8 Å². The molecule has 0 fully saturated rings. The number of hydrogen-bond acceptors (Lipinski definition) is 5. The van der Waals surface area contributed by atoms with Crippen LogP contribution in [0.4, 0.5) is 5.69 Å². The van der Waals surface area contributed by atoms with Crippen LogP contribution in [0.1, 0.15) is 44.0 Å². The van der Waals surface area contributed by atoms with Gasteiger partial charge in [0.25, 0.3) is 5.91 Å². The van der Waals surface area contributed by atoms with Gasteiger partial charge in [-0.1, -0.05) is 0 Å². The fourth-order valence-corrected chi connectivity index (χ4v) is 2.47. The molecule has 8 heteroatoms. The zero-order chi connectivity index (χ0) is 21.9. The van der Waals surface area contributed by atoms with Gasteiger partial charge in [-0.05, 0) is 69.3 Å². The van der Waals surface area contributed by atoms with Gasteiger partial charge in [0.1, 0.15) is 11.5 Å². The van der Waals surface area contributed by atoms with E-state index >= 15 is 0 Å². The minimum absolute atomic E-state index is 0.0177. The van der Waals surface area contributed by atoms with Gasteiger partial charge < -0.3 is 14.8 Å². The lowest BCUT2D eigenvalue weighted by atomic mass is 10.2. The number of ether oxygens (including phenoxy) is 2. The van der Waals surface area contributed by atoms with Crippen LogP contribution >= 0.6 is 0 Å². The number of nitrogens with one attached hydrogen (secondary N) is 3. The van der Waals surface area contributed by atoms with E-state index in [0.29, 0.717) is 29.4 Å². The van der Waals surface area contributed by atoms with E-state index in [1.165, 1.54) is 0 Å². The molecule has 0 saturated heterocycles. The molecule has 0 atom stereocenters. The third kappa shape index (κ3) is 7.83. The zero-order valence-electron chi connectivity index (χ0n) is 17.4. The van der Waals surface area contributed by atoms with E-state index in [2.05, 4.69) is 16.2 Å². The van der Waals surface area contributed by atoms with Gasteiger partial charge in [0.15, 0.2) is 0 Å². The van der Waals surface area contributed by atoms with E-state index in [-0.39, 0.29) is 24.9 Å². The van der Waals surface area contributed by atoms with Crippen LogP contribution in [-0.4, -0.2) is 30.4 Å². The van der Waals surface area contributed by atoms with Crippen molar-refractivity contribution in [3.05, 3.63) is 54.1 Å². The van der Waals surface area contributed by atoms with Crippen LogP contribution in [-0.2, 0) is 9.59 Å². The maximum Gasteiger partial charge on any atom is 0.269 e. The van der Waals surface area contributed by atoms with Gasteiger partial charge in [0, 0.05) is 24.1 Å². The van der Waals surface area contributed by atoms with Crippen molar-refractivity contribution in [2.24, 2.45) is 0 Å². The Bertz CT molecular complexity index is 848. The third-order valence-corrected chi connectivity index (χ3v) is 3.83. The Morgan fingerprint density at radius 1 is 0.833 bits per heavy atom. The van der Waals surface area contributed by atoms with Crippen molar-refractivity contribution in [2.45, 2.75) is 39.7 Å². The predicted molar refractivity (Wildman–Crippen MR) is 113 cm³/mol. The first-order chi connectivity index (χ1) is 14.4. The molecule has 160 valence electrons. The summed E-state index contributed by atoms with van der Waals surface area (Å²) in [6, 6.07) is 13.5. The van der Waals surface area contributed by atoms with Crippen LogP contribution in [0.3, 0.4) is 0 Å². The summed E-state index contributed by atoms with van der Waals surface area (Å²) in [5.74, 6) is 0.140. The molecule has 0 unspecified atom stereocenters. The fraction of sp³-hybridized carbons (Fsp3) is 0.318. The summed E-state index contributed by atoms with van der Waals surface area (Å²) < 4.78 is 10.9. The van der Waals surface area contributed by atoms with Crippen molar-refractivity contribution in [2.75, 3.05) is 11.9 Å². The number of carbonyl (C=O) groups excluding carboxylic acids is 3. The highest BCUT2D eigenvalue weighted by Crippen LogP contribution is 2.16. The monoisotopic (exact) mass is 413 g/mol. The molecule has 2 rings (SSSR count). The molecule has 0 bridgehead atoms. The van der Waals surface area contributed by atoms with Crippen LogP contribution in [0, 0.1) is 0 Å². The van der Waals surface area contributed by atoms with Gasteiger partial charge in [-0.3, -0.25) is 25.2 Å². The van der Waals surface area contributed by atoms with Crippen molar-refractivity contribution >= 4 is 23.4 Å². The molecule has 0 spiro atoms. The second kappa shape index (κ2) is 11.5. The second-order valence-electron chi connectivity index (χ2n) is 6.70. The molecule has 0 saturated carbocycles. The van der Waals surface area contributed by atoms with Crippen molar-refractivity contribution < 1.29 is 23.9 Å². The molecule has 2 aromatic rings. The second-order valence-corrected chi connectivity index (χ2v) is 6.70. The molecular weight excluding hydrogens is 386 g/mol. The first-order valence-corrected chi connectivity index (χ1v) is 9.76. The summed E-state index contributed by atoms with van der Waals surface area (Å²) >= 11 is 0. The molecule has 0 heterocycles. The summed E-state index contributed by atoms with van der Waals surface area (Å²) in [7, 11) is 0. The fourth-order valence-electron chi connectivity index (χ4n) is 2.47. The number of anilines is 1. The van der Waals surface area contributed by atoms with Crippen LogP contribution in [0.2, 0.25) is 0 Å². The molecule has 0 aliphatic carbocycles. The van der Waals surface area contributed by atoms with Crippen molar-refractivity contribution in [1.29, 1.82) is 0 Å². The van der Waals surface area contributed by atoms with E-state index in [1.807, 2.05) is 20.8 Å². The number of hydrazine groups is 1. The lowest BCUT2D eigenvalue weighted by Gasteiger charge is -2.11. The maximum atomic E-state index is 12.1. The Kier molecular flexibility index (Phi) is 8.68. The first kappa shape index (κ1) is 22.7. The Balaban J connectivity index is 1.71. The summed E-state index contributed by atoms with van der Waals surface area (Å²) in [5, 5.41) is 2.70. The van der Waals surface area contributed by atoms with Crippen molar-refractivity contribution in [3.8, 4) is 11.5 Å². The summed E-state index contributed by atoms with van der Waals surface area (Å²) in [5.41, 5.74) is 5.62. The van der Waals surface area contributed by atoms with E-state index in [0.717, 1.165) is 0 Å². The highest BCUT2D eigenvalue weighted by Gasteiger charge is 2.10. The SMILES string of the molecule is CCOc1ccc(NC(=O)CCC(=O)NNC(=O)c2ccc(OC(C)C)cc2)cc1. The predicted octanol–water partition coefficient (Wildman–Crippen LogP) is 3.05. The van der Waals surface area contributed by atoms with Crippen LogP contribution in [0.5, 0.6) is 11.5 Å². The topological polar surface area (TPSA) is 106 Å². The van der Waals surface area contributed by atoms with Gasteiger partial charge in [0.05, 0.1) is 12.7 Å². The minimum atomic E-state index is -0.468. The normalized spacial score (nSPS) is 10.3. The molecule has 2 aromatic carbocycles. The zero-order valence-corrected chi connectivity index (χ0v) is 17.4. The molecular formula is C22H27N3O5. The Hall–Kier alpha value is -3.55. The van der Waals surface area contributed by atoms with Crippen molar-refractivity contribution in [3.63, 3.8) is 0 Å². The Labute approximate surface area is 175 Å². The van der Waals surface area contributed by atoms with Crippen molar-refractivity contribution in [1.82, 2.24) is 10.9 Å². The molecule has 0 aliphatic rings. The number of rotatable bonds is 9. The molecule has 30 heavy (non-hydrogen) atoms. The smallest absolute Gasteiger partial charge is 0.269 e. The van der Waals surface area contributed by atoms with E-state index < -0.39 is 11.8 Å². The lowest BCUT2D eigenvalue weighted by Crippen LogP contribution is -2.41. The van der Waals surface area contributed by atoms with Gasteiger partial charge in [-0.25, -0.2) is 0 Å².